The first-order valence-corrected chi connectivity index (χ1v) is 23.5. The highest BCUT2D eigenvalue weighted by Crippen LogP contribution is 2.47. The first kappa shape index (κ1) is 39.3. The Balaban J connectivity index is 0.963. The Bertz CT molecular complexity index is 3880. The number of anilines is 9. The summed E-state index contributed by atoms with van der Waals surface area (Å²) in [6, 6.07) is 77.1. The number of aryl methyl sites for hydroxylation is 2. The normalized spacial score (nSPS) is 12.6. The zero-order chi connectivity index (χ0) is 45.7. The van der Waals surface area contributed by atoms with Gasteiger partial charge in [0.05, 0.1) is 5.69 Å². The van der Waals surface area contributed by atoms with Crippen LogP contribution in [0.25, 0.3) is 43.9 Å². The van der Waals surface area contributed by atoms with Crippen molar-refractivity contribution in [3.8, 4) is 11.5 Å². The van der Waals surface area contributed by atoms with E-state index >= 15 is 0 Å². The lowest BCUT2D eigenvalue weighted by atomic mass is 9.34. The molecule has 10 aromatic carbocycles. The highest BCUT2D eigenvalue weighted by molar-refractivity contribution is 6.99. The van der Waals surface area contributed by atoms with E-state index in [0.717, 1.165) is 123 Å². The summed E-state index contributed by atoms with van der Waals surface area (Å²) < 4.78 is 20.9. The van der Waals surface area contributed by atoms with Gasteiger partial charge in [0.25, 0.3) is 6.71 Å². The molecule has 0 unspecified atom stereocenters. The van der Waals surface area contributed by atoms with Crippen LogP contribution in [0.4, 0.5) is 51.2 Å². The second-order valence-electron chi connectivity index (χ2n) is 18.2. The lowest BCUT2D eigenvalue weighted by Crippen LogP contribution is -2.59. The van der Waals surface area contributed by atoms with Crippen molar-refractivity contribution < 1.29 is 13.6 Å². The summed E-state index contributed by atoms with van der Waals surface area (Å²) in [6.45, 7) is 4.24. The van der Waals surface area contributed by atoms with Crippen molar-refractivity contribution in [2.24, 2.45) is 0 Å². The van der Waals surface area contributed by atoms with E-state index < -0.39 is 0 Å². The van der Waals surface area contributed by atoms with Gasteiger partial charge in [0.1, 0.15) is 33.8 Å². The Morgan fingerprint density at radius 2 is 0.826 bits per heavy atom. The summed E-state index contributed by atoms with van der Waals surface area (Å²) in [7, 11) is 0. The Labute approximate surface area is 399 Å². The number of furan rings is 2. The highest BCUT2D eigenvalue weighted by Gasteiger charge is 2.43. The molecule has 0 saturated carbocycles. The van der Waals surface area contributed by atoms with E-state index in [1.807, 2.05) is 12.1 Å². The number of benzene rings is 10. The number of fused-ring (bicyclic) bond motifs is 10. The minimum Gasteiger partial charge on any atom is -0.458 e. The van der Waals surface area contributed by atoms with Gasteiger partial charge in [-0.3, -0.25) is 0 Å². The maximum atomic E-state index is 7.03. The van der Waals surface area contributed by atoms with Crippen LogP contribution in [0.15, 0.2) is 227 Å². The van der Waals surface area contributed by atoms with Crippen LogP contribution in [0.1, 0.15) is 11.1 Å². The van der Waals surface area contributed by atoms with Gasteiger partial charge >= 0.3 is 0 Å². The summed E-state index contributed by atoms with van der Waals surface area (Å²) in [5.74, 6) is 1.67. The maximum Gasteiger partial charge on any atom is 0.256 e. The van der Waals surface area contributed by atoms with Gasteiger partial charge in [-0.25, -0.2) is 0 Å². The van der Waals surface area contributed by atoms with Gasteiger partial charge < -0.3 is 28.3 Å². The van der Waals surface area contributed by atoms with E-state index in [1.165, 1.54) is 11.1 Å². The summed E-state index contributed by atoms with van der Waals surface area (Å²) in [5, 5.41) is 4.17. The molecule has 0 amide bonds. The SMILES string of the molecule is Cc1cccc(C)c1N1c2cc3c(cc2B2c4cc5oc6cc(N(c7ccccc7)c7ccccc7)ccc6c5cc4Oc4cccc1c42)oc1cc(N(c2ccccc2)c2ccccc2)ccc13. The molecule has 2 aliphatic heterocycles. The van der Waals surface area contributed by atoms with Gasteiger partial charge in [-0.2, -0.15) is 0 Å². The highest BCUT2D eigenvalue weighted by atomic mass is 16.5. The average Bonchev–Trinajstić information content (AvgIpc) is 3.93. The second-order valence-corrected chi connectivity index (χ2v) is 18.2. The molecule has 2 aliphatic rings. The molecule has 69 heavy (non-hydrogen) atoms. The summed E-state index contributed by atoms with van der Waals surface area (Å²) in [5.41, 5.74) is 18.7. The molecule has 0 radical (unpaired) electrons. The van der Waals surface area contributed by atoms with Crippen LogP contribution in [0.5, 0.6) is 11.5 Å². The number of nitrogens with zero attached hydrogens (tertiary/aromatic N) is 3. The predicted molar refractivity (Wildman–Crippen MR) is 286 cm³/mol. The number of para-hydroxylation sites is 5. The van der Waals surface area contributed by atoms with Gasteiger partial charge in [0, 0.05) is 79.2 Å². The molecule has 0 spiro atoms. The van der Waals surface area contributed by atoms with Crippen LogP contribution in [0.3, 0.4) is 0 Å². The van der Waals surface area contributed by atoms with Crippen molar-refractivity contribution in [2.45, 2.75) is 13.8 Å². The second kappa shape index (κ2) is 15.3. The van der Waals surface area contributed by atoms with Crippen LogP contribution in [-0.4, -0.2) is 6.71 Å². The number of hydrogen-bond acceptors (Lipinski definition) is 6. The molecular formula is C62H42BN3O3. The molecule has 326 valence electrons. The van der Waals surface area contributed by atoms with Crippen molar-refractivity contribution in [3.05, 3.63) is 230 Å². The minimum absolute atomic E-state index is 0.171. The molecule has 0 bridgehead atoms. The number of rotatable bonds is 7. The van der Waals surface area contributed by atoms with Crippen molar-refractivity contribution in [2.75, 3.05) is 14.7 Å². The van der Waals surface area contributed by atoms with Crippen molar-refractivity contribution in [1.82, 2.24) is 0 Å². The van der Waals surface area contributed by atoms with E-state index in [2.05, 4.69) is 235 Å². The average molecular weight is 888 g/mol. The number of hydrogen-bond donors (Lipinski definition) is 0. The fourth-order valence-corrected chi connectivity index (χ4v) is 11.1. The fourth-order valence-electron chi connectivity index (χ4n) is 11.1. The third-order valence-corrected chi connectivity index (χ3v) is 14.1. The molecule has 12 aromatic rings. The lowest BCUT2D eigenvalue weighted by Gasteiger charge is -2.40. The first-order valence-electron chi connectivity index (χ1n) is 23.5. The van der Waals surface area contributed by atoms with E-state index in [9.17, 15) is 0 Å². The lowest BCUT2D eigenvalue weighted by molar-refractivity contribution is 0.488. The minimum atomic E-state index is -0.171. The van der Waals surface area contributed by atoms with E-state index in [4.69, 9.17) is 13.6 Å². The van der Waals surface area contributed by atoms with Crippen LogP contribution >= 0.6 is 0 Å². The van der Waals surface area contributed by atoms with E-state index in [1.54, 1.807) is 0 Å². The zero-order valence-corrected chi connectivity index (χ0v) is 37.9. The molecule has 0 fully saturated rings. The smallest absolute Gasteiger partial charge is 0.256 e. The number of ether oxygens (including phenoxy) is 1. The van der Waals surface area contributed by atoms with Crippen molar-refractivity contribution in [3.63, 3.8) is 0 Å². The van der Waals surface area contributed by atoms with Crippen LogP contribution in [0.2, 0.25) is 0 Å². The van der Waals surface area contributed by atoms with Gasteiger partial charge in [-0.05, 0) is 151 Å². The maximum absolute atomic E-state index is 7.03. The van der Waals surface area contributed by atoms with Crippen molar-refractivity contribution in [1.29, 1.82) is 0 Å². The van der Waals surface area contributed by atoms with Gasteiger partial charge in [-0.1, -0.05) is 97.1 Å². The molecule has 4 heterocycles. The molecule has 7 heteroatoms. The third-order valence-electron chi connectivity index (χ3n) is 14.1. The fraction of sp³-hybridized carbons (Fsp3) is 0.0323. The summed E-state index contributed by atoms with van der Waals surface area (Å²) in [6.07, 6.45) is 0. The van der Waals surface area contributed by atoms with Crippen LogP contribution in [-0.2, 0) is 0 Å². The van der Waals surface area contributed by atoms with Gasteiger partial charge in [0.2, 0.25) is 0 Å². The first-order chi connectivity index (χ1) is 34.0. The Hall–Kier alpha value is -8.94. The Morgan fingerprint density at radius 1 is 0.362 bits per heavy atom. The topological polar surface area (TPSA) is 45.2 Å². The van der Waals surface area contributed by atoms with Crippen LogP contribution < -0.4 is 35.8 Å². The zero-order valence-electron chi connectivity index (χ0n) is 37.9. The molecule has 14 rings (SSSR count). The molecule has 0 saturated heterocycles. The molecule has 0 aliphatic carbocycles. The molecule has 6 nitrogen and oxygen atoms in total. The monoisotopic (exact) mass is 887 g/mol. The van der Waals surface area contributed by atoms with Crippen molar-refractivity contribution >= 4 is 118 Å². The molecule has 0 atom stereocenters. The van der Waals surface area contributed by atoms with Gasteiger partial charge in [-0.15, -0.1) is 0 Å². The quantitative estimate of drug-likeness (QED) is 0.149. The predicted octanol–water partition coefficient (Wildman–Crippen LogP) is 15.4. The summed E-state index contributed by atoms with van der Waals surface area (Å²) in [4.78, 5) is 7.00. The Kier molecular flexibility index (Phi) is 8.71. The van der Waals surface area contributed by atoms with E-state index in [-0.39, 0.29) is 6.71 Å². The standard InChI is InChI=1S/C62H42BN3O3/c1-39-17-15-18-40(2)62(39)66-53-27-16-28-55-61(53)63(51-37-58-49(35-54(51)66)47-31-29-45(33-56(47)68-58)64(41-19-7-3-8-20-41)42-21-9-4-10-22-42)52-38-59-50(36-60(52)67-55)48-32-30-46(34-57(48)69-59)65(43-23-11-5-12-24-43)44-25-13-6-14-26-44/h3-38H,1-2H3. The third kappa shape index (κ3) is 6.13. The Morgan fingerprint density at radius 3 is 1.35 bits per heavy atom. The van der Waals surface area contributed by atoms with E-state index in [0.29, 0.717) is 0 Å². The molecule has 2 aromatic heterocycles. The van der Waals surface area contributed by atoms with Crippen LogP contribution in [0, 0.1) is 13.8 Å². The van der Waals surface area contributed by atoms with Gasteiger partial charge in [0.15, 0.2) is 0 Å². The molecular weight excluding hydrogens is 846 g/mol. The largest absolute Gasteiger partial charge is 0.458 e. The molecule has 0 N–H and O–H groups in total. The summed E-state index contributed by atoms with van der Waals surface area (Å²) >= 11 is 0.